The molecular formula is C21H21FN2O4. The maximum atomic E-state index is 13.1. The molecule has 0 aliphatic carbocycles. The molecule has 7 heteroatoms. The molecule has 0 radical (unpaired) electrons. The minimum atomic E-state index is -0.349. The van der Waals surface area contributed by atoms with Crippen LogP contribution >= 0.6 is 0 Å². The van der Waals surface area contributed by atoms with Gasteiger partial charge in [0.25, 0.3) is 5.91 Å². The minimum absolute atomic E-state index is 0.221. The number of para-hydroxylation sites is 2. The van der Waals surface area contributed by atoms with Gasteiger partial charge in [0.15, 0.2) is 17.2 Å². The van der Waals surface area contributed by atoms with Crippen LogP contribution in [0.15, 0.2) is 52.9 Å². The van der Waals surface area contributed by atoms with Crippen LogP contribution in [0.25, 0.3) is 11.5 Å². The van der Waals surface area contributed by atoms with Crippen LogP contribution in [0.5, 0.6) is 11.5 Å². The molecular weight excluding hydrogens is 363 g/mol. The van der Waals surface area contributed by atoms with E-state index in [2.05, 4.69) is 4.98 Å². The Morgan fingerprint density at radius 3 is 2.50 bits per heavy atom. The standard InChI is InChI=1S/C21H21FN2O4/c1-14-19(23-20(28-14)15-8-10-16(22)11-9-15)21(25)24(2)12-13-27-18-7-5-4-6-17(18)26-3/h4-11H,12-13H2,1-3H3. The number of nitrogens with zero attached hydrogens (tertiary/aromatic N) is 2. The first kappa shape index (κ1) is 19.4. The number of likely N-dealkylation sites (N-methyl/N-ethyl adjacent to an activating group) is 1. The van der Waals surface area contributed by atoms with Crippen LogP contribution in [0.4, 0.5) is 4.39 Å². The van der Waals surface area contributed by atoms with Crippen molar-refractivity contribution in [1.29, 1.82) is 0 Å². The van der Waals surface area contributed by atoms with Crippen LogP contribution in [0.2, 0.25) is 0 Å². The van der Waals surface area contributed by atoms with Crippen molar-refractivity contribution in [3.8, 4) is 23.0 Å². The fraction of sp³-hybridized carbons (Fsp3) is 0.238. The predicted molar refractivity (Wildman–Crippen MR) is 102 cm³/mol. The predicted octanol–water partition coefficient (Wildman–Crippen LogP) is 3.95. The maximum absolute atomic E-state index is 13.1. The van der Waals surface area contributed by atoms with E-state index in [1.165, 1.54) is 17.0 Å². The Kier molecular flexibility index (Phi) is 5.93. The summed E-state index contributed by atoms with van der Waals surface area (Å²) < 4.78 is 29.6. The van der Waals surface area contributed by atoms with Crippen molar-refractivity contribution in [3.63, 3.8) is 0 Å². The third-order valence-corrected chi connectivity index (χ3v) is 4.19. The van der Waals surface area contributed by atoms with Gasteiger partial charge >= 0.3 is 0 Å². The molecule has 28 heavy (non-hydrogen) atoms. The summed E-state index contributed by atoms with van der Waals surface area (Å²) in [5.41, 5.74) is 0.824. The average Bonchev–Trinajstić information content (AvgIpc) is 3.09. The summed E-state index contributed by atoms with van der Waals surface area (Å²) >= 11 is 0. The molecule has 0 aliphatic heterocycles. The number of oxazole rings is 1. The van der Waals surface area contributed by atoms with Gasteiger partial charge in [-0.15, -0.1) is 0 Å². The molecule has 1 amide bonds. The van der Waals surface area contributed by atoms with Gasteiger partial charge in [-0.3, -0.25) is 4.79 Å². The van der Waals surface area contributed by atoms with Gasteiger partial charge in [0, 0.05) is 12.6 Å². The lowest BCUT2D eigenvalue weighted by atomic mass is 10.2. The van der Waals surface area contributed by atoms with Gasteiger partial charge in [-0.05, 0) is 43.3 Å². The molecule has 0 spiro atoms. The van der Waals surface area contributed by atoms with E-state index in [9.17, 15) is 9.18 Å². The topological polar surface area (TPSA) is 64.8 Å². The van der Waals surface area contributed by atoms with Gasteiger partial charge in [-0.25, -0.2) is 9.37 Å². The molecule has 146 valence electrons. The molecule has 2 aromatic carbocycles. The van der Waals surface area contributed by atoms with Crippen molar-refractivity contribution in [1.82, 2.24) is 9.88 Å². The van der Waals surface area contributed by atoms with Gasteiger partial charge in [0.2, 0.25) is 5.89 Å². The molecule has 0 bridgehead atoms. The molecule has 0 fully saturated rings. The molecule has 0 saturated heterocycles. The second-order valence-electron chi connectivity index (χ2n) is 6.16. The number of hydrogen-bond acceptors (Lipinski definition) is 5. The van der Waals surface area contributed by atoms with Gasteiger partial charge < -0.3 is 18.8 Å². The van der Waals surface area contributed by atoms with Gasteiger partial charge in [0.05, 0.1) is 13.7 Å². The maximum Gasteiger partial charge on any atom is 0.275 e. The van der Waals surface area contributed by atoms with E-state index in [0.29, 0.717) is 36.0 Å². The van der Waals surface area contributed by atoms with Gasteiger partial charge in [-0.2, -0.15) is 0 Å². The van der Waals surface area contributed by atoms with E-state index in [1.54, 1.807) is 45.3 Å². The summed E-state index contributed by atoms with van der Waals surface area (Å²) in [6, 6.07) is 13.1. The summed E-state index contributed by atoms with van der Waals surface area (Å²) in [4.78, 5) is 18.5. The Labute approximate surface area is 162 Å². The highest BCUT2D eigenvalue weighted by Gasteiger charge is 2.21. The zero-order valence-corrected chi connectivity index (χ0v) is 15.9. The van der Waals surface area contributed by atoms with Crippen LogP contribution in [-0.2, 0) is 0 Å². The molecule has 0 N–H and O–H groups in total. The lowest BCUT2D eigenvalue weighted by Gasteiger charge is -2.17. The third-order valence-electron chi connectivity index (χ3n) is 4.19. The second kappa shape index (κ2) is 8.56. The number of aromatic nitrogens is 1. The third kappa shape index (κ3) is 4.31. The summed E-state index contributed by atoms with van der Waals surface area (Å²) in [6.45, 7) is 2.33. The first-order chi connectivity index (χ1) is 13.5. The number of rotatable bonds is 7. The van der Waals surface area contributed by atoms with Crippen molar-refractivity contribution in [2.45, 2.75) is 6.92 Å². The molecule has 0 saturated carbocycles. The number of halogens is 1. The lowest BCUT2D eigenvalue weighted by Crippen LogP contribution is -2.31. The highest BCUT2D eigenvalue weighted by molar-refractivity contribution is 5.93. The summed E-state index contributed by atoms with van der Waals surface area (Å²) in [7, 11) is 3.24. The molecule has 0 aliphatic rings. The molecule has 0 atom stereocenters. The number of carbonyl (C=O) groups excluding carboxylic acids is 1. The monoisotopic (exact) mass is 384 g/mol. The SMILES string of the molecule is COc1ccccc1OCCN(C)C(=O)c1nc(-c2ccc(F)cc2)oc1C. The number of benzene rings is 2. The van der Waals surface area contributed by atoms with Crippen molar-refractivity contribution >= 4 is 5.91 Å². The molecule has 3 rings (SSSR count). The highest BCUT2D eigenvalue weighted by atomic mass is 19.1. The molecule has 0 unspecified atom stereocenters. The summed E-state index contributed by atoms with van der Waals surface area (Å²) in [6.07, 6.45) is 0. The average molecular weight is 384 g/mol. The smallest absolute Gasteiger partial charge is 0.275 e. The number of methoxy groups -OCH3 is 1. The normalized spacial score (nSPS) is 10.6. The van der Waals surface area contributed by atoms with E-state index in [-0.39, 0.29) is 23.3 Å². The van der Waals surface area contributed by atoms with Crippen molar-refractivity contribution in [2.24, 2.45) is 0 Å². The van der Waals surface area contributed by atoms with Crippen LogP contribution < -0.4 is 9.47 Å². The molecule has 1 aromatic heterocycles. The molecule has 6 nitrogen and oxygen atoms in total. The minimum Gasteiger partial charge on any atom is -0.493 e. The van der Waals surface area contributed by atoms with Crippen LogP contribution in [0.1, 0.15) is 16.2 Å². The fourth-order valence-corrected chi connectivity index (χ4v) is 2.62. The Balaban J connectivity index is 1.64. The van der Waals surface area contributed by atoms with E-state index >= 15 is 0 Å². The number of ether oxygens (including phenoxy) is 2. The summed E-state index contributed by atoms with van der Waals surface area (Å²) in [5.74, 6) is 1.30. The van der Waals surface area contributed by atoms with Gasteiger partial charge in [-0.1, -0.05) is 12.1 Å². The Morgan fingerprint density at radius 1 is 1.14 bits per heavy atom. The van der Waals surface area contributed by atoms with Crippen LogP contribution in [0, 0.1) is 12.7 Å². The summed E-state index contributed by atoms with van der Waals surface area (Å²) in [5, 5.41) is 0. The van der Waals surface area contributed by atoms with Crippen molar-refractivity contribution in [2.75, 3.05) is 27.3 Å². The van der Waals surface area contributed by atoms with Gasteiger partial charge in [0.1, 0.15) is 18.2 Å². The largest absolute Gasteiger partial charge is 0.493 e. The second-order valence-corrected chi connectivity index (χ2v) is 6.16. The first-order valence-electron chi connectivity index (χ1n) is 8.74. The quantitative estimate of drug-likeness (QED) is 0.617. The Hall–Kier alpha value is -3.35. The van der Waals surface area contributed by atoms with Crippen LogP contribution in [0.3, 0.4) is 0 Å². The Morgan fingerprint density at radius 2 is 1.82 bits per heavy atom. The first-order valence-corrected chi connectivity index (χ1v) is 8.74. The van der Waals surface area contributed by atoms with E-state index in [0.717, 1.165) is 0 Å². The van der Waals surface area contributed by atoms with E-state index < -0.39 is 0 Å². The van der Waals surface area contributed by atoms with Crippen LogP contribution in [-0.4, -0.2) is 43.1 Å². The van der Waals surface area contributed by atoms with Crippen molar-refractivity contribution < 1.29 is 23.1 Å². The van der Waals surface area contributed by atoms with E-state index in [1.807, 2.05) is 12.1 Å². The number of aryl methyl sites for hydroxylation is 1. The number of carbonyl (C=O) groups is 1. The molecule has 3 aromatic rings. The number of hydrogen-bond donors (Lipinski definition) is 0. The van der Waals surface area contributed by atoms with Crippen molar-refractivity contribution in [3.05, 3.63) is 65.8 Å². The fourth-order valence-electron chi connectivity index (χ4n) is 2.62. The van der Waals surface area contributed by atoms with E-state index in [4.69, 9.17) is 13.9 Å². The lowest BCUT2D eigenvalue weighted by molar-refractivity contribution is 0.0766. The highest BCUT2D eigenvalue weighted by Crippen LogP contribution is 2.26. The molecule has 1 heterocycles. The zero-order valence-electron chi connectivity index (χ0n) is 15.9. The zero-order chi connectivity index (χ0) is 20.1. The Bertz CT molecular complexity index is 953. The number of amides is 1.